The fraction of sp³-hybridized carbons (Fsp3) is 0.125. The quantitative estimate of drug-likeness (QED) is 0.496. The highest BCUT2D eigenvalue weighted by Gasteiger charge is 2.30. The van der Waals surface area contributed by atoms with Gasteiger partial charge in [0.2, 0.25) is 0 Å². The number of alkyl halides is 3. The fourth-order valence-corrected chi connectivity index (χ4v) is 2.95. The third-order valence-corrected chi connectivity index (χ3v) is 4.64. The van der Waals surface area contributed by atoms with E-state index in [9.17, 15) is 18.0 Å². The zero-order chi connectivity index (χ0) is 21.7. The van der Waals surface area contributed by atoms with E-state index in [-0.39, 0.29) is 12.1 Å². The summed E-state index contributed by atoms with van der Waals surface area (Å²) in [5.41, 5.74) is 1.35. The van der Waals surface area contributed by atoms with Crippen LogP contribution in [-0.2, 0) is 12.7 Å². The summed E-state index contributed by atoms with van der Waals surface area (Å²) in [7, 11) is 1.56. The summed E-state index contributed by atoms with van der Waals surface area (Å²) in [5, 5.41) is 0. The molecule has 0 bridgehead atoms. The Labute approximate surface area is 173 Å². The Morgan fingerprint density at radius 3 is 2.00 bits per heavy atom. The number of methoxy groups -OCH3 is 1. The molecule has 6 heteroatoms. The van der Waals surface area contributed by atoms with E-state index in [2.05, 4.69) is 6.58 Å². The molecule has 1 amide bonds. The van der Waals surface area contributed by atoms with Crippen LogP contribution in [0.5, 0.6) is 5.75 Å². The molecule has 30 heavy (non-hydrogen) atoms. The van der Waals surface area contributed by atoms with Crippen LogP contribution >= 0.6 is 0 Å². The molecule has 0 fully saturated rings. The van der Waals surface area contributed by atoms with Crippen molar-refractivity contribution in [3.05, 3.63) is 108 Å². The second-order valence-corrected chi connectivity index (χ2v) is 6.63. The number of ether oxygens (including phenoxy) is 1. The third kappa shape index (κ3) is 4.89. The molecule has 154 valence electrons. The Morgan fingerprint density at radius 2 is 1.47 bits per heavy atom. The predicted octanol–water partition coefficient (Wildman–Crippen LogP) is 6.03. The summed E-state index contributed by atoms with van der Waals surface area (Å²) in [6, 6.07) is 20.6. The normalized spacial score (nSPS) is 11.1. The van der Waals surface area contributed by atoms with Gasteiger partial charge in [0, 0.05) is 11.3 Å². The molecule has 0 radical (unpaired) electrons. The molecule has 3 aromatic carbocycles. The zero-order valence-electron chi connectivity index (χ0n) is 16.3. The summed E-state index contributed by atoms with van der Waals surface area (Å²) in [6.07, 6.45) is -4.46. The molecule has 0 saturated heterocycles. The molecule has 0 heterocycles. The third-order valence-electron chi connectivity index (χ3n) is 4.64. The zero-order valence-corrected chi connectivity index (χ0v) is 16.3. The Morgan fingerprint density at radius 1 is 0.900 bits per heavy atom. The molecular formula is C24H20F3NO2. The lowest BCUT2D eigenvalue weighted by atomic mass is 10.1. The summed E-state index contributed by atoms with van der Waals surface area (Å²) in [4.78, 5) is 14.7. The first-order valence-electron chi connectivity index (χ1n) is 9.16. The SMILES string of the molecule is C=C(c1ccc(OC)cc1)N(Cc1ccccc1)C(=O)c1ccc(C(F)(F)F)cc1. The standard InChI is InChI=1S/C24H20F3NO2/c1-17(19-10-14-22(30-2)15-11-19)28(16-18-6-4-3-5-7-18)23(29)20-8-12-21(13-9-20)24(25,26)27/h3-15H,1,16H2,2H3. The smallest absolute Gasteiger partial charge is 0.416 e. The highest BCUT2D eigenvalue weighted by Crippen LogP contribution is 2.30. The van der Waals surface area contributed by atoms with Crippen molar-refractivity contribution >= 4 is 11.6 Å². The minimum absolute atomic E-state index is 0.147. The number of amides is 1. The van der Waals surface area contributed by atoms with Crippen molar-refractivity contribution in [1.82, 2.24) is 4.90 Å². The number of halogens is 3. The largest absolute Gasteiger partial charge is 0.497 e. The highest BCUT2D eigenvalue weighted by atomic mass is 19.4. The lowest BCUT2D eigenvalue weighted by molar-refractivity contribution is -0.137. The van der Waals surface area contributed by atoms with E-state index in [1.165, 1.54) is 17.0 Å². The molecule has 3 rings (SSSR count). The number of nitrogens with zero attached hydrogens (tertiary/aromatic N) is 1. The lowest BCUT2D eigenvalue weighted by Gasteiger charge is -2.25. The van der Waals surface area contributed by atoms with E-state index in [0.717, 1.165) is 17.7 Å². The van der Waals surface area contributed by atoms with Gasteiger partial charge in [-0.25, -0.2) is 0 Å². The van der Waals surface area contributed by atoms with E-state index >= 15 is 0 Å². The van der Waals surface area contributed by atoms with E-state index in [0.29, 0.717) is 17.0 Å². The number of carbonyl (C=O) groups is 1. The van der Waals surface area contributed by atoms with E-state index in [1.807, 2.05) is 30.3 Å². The van der Waals surface area contributed by atoms with Crippen molar-refractivity contribution in [3.8, 4) is 5.75 Å². The average molecular weight is 411 g/mol. The second-order valence-electron chi connectivity index (χ2n) is 6.63. The van der Waals surface area contributed by atoms with Crippen molar-refractivity contribution in [3.63, 3.8) is 0 Å². The van der Waals surface area contributed by atoms with Gasteiger partial charge in [0.05, 0.1) is 19.2 Å². The van der Waals surface area contributed by atoms with Gasteiger partial charge in [-0.3, -0.25) is 4.79 Å². The van der Waals surface area contributed by atoms with E-state index in [1.54, 1.807) is 31.4 Å². The van der Waals surface area contributed by atoms with Crippen LogP contribution in [-0.4, -0.2) is 17.9 Å². The van der Waals surface area contributed by atoms with Gasteiger partial charge in [-0.2, -0.15) is 13.2 Å². The molecule has 3 aromatic rings. The summed E-state index contributed by atoms with van der Waals surface area (Å²) >= 11 is 0. The monoisotopic (exact) mass is 411 g/mol. The first-order valence-corrected chi connectivity index (χ1v) is 9.16. The van der Waals surface area contributed by atoms with Crippen LogP contribution in [0.2, 0.25) is 0 Å². The molecule has 0 saturated carbocycles. The first-order chi connectivity index (χ1) is 14.3. The van der Waals surface area contributed by atoms with Crippen molar-refractivity contribution in [2.24, 2.45) is 0 Å². The molecule has 0 spiro atoms. The topological polar surface area (TPSA) is 29.5 Å². The molecule has 3 nitrogen and oxygen atoms in total. The molecule has 0 N–H and O–H groups in total. The van der Waals surface area contributed by atoms with Crippen LogP contribution in [0.4, 0.5) is 13.2 Å². The van der Waals surface area contributed by atoms with Crippen LogP contribution in [0.25, 0.3) is 5.70 Å². The summed E-state index contributed by atoms with van der Waals surface area (Å²) in [6.45, 7) is 4.29. The Balaban J connectivity index is 1.93. The Bertz CT molecular complexity index is 1010. The molecular weight excluding hydrogens is 391 g/mol. The summed E-state index contributed by atoms with van der Waals surface area (Å²) < 4.78 is 43.7. The number of carbonyl (C=O) groups excluding carboxylic acids is 1. The minimum atomic E-state index is -4.46. The molecule has 0 aromatic heterocycles. The second kappa shape index (κ2) is 8.86. The summed E-state index contributed by atoms with van der Waals surface area (Å²) in [5.74, 6) is 0.226. The maximum atomic E-state index is 13.2. The highest BCUT2D eigenvalue weighted by molar-refractivity contribution is 5.99. The van der Waals surface area contributed by atoms with Gasteiger partial charge in [-0.15, -0.1) is 0 Å². The minimum Gasteiger partial charge on any atom is -0.497 e. The molecule has 0 atom stereocenters. The van der Waals surface area contributed by atoms with E-state index < -0.39 is 17.6 Å². The fourth-order valence-electron chi connectivity index (χ4n) is 2.95. The van der Waals surface area contributed by atoms with Gasteiger partial charge in [-0.05, 0) is 59.7 Å². The van der Waals surface area contributed by atoms with E-state index in [4.69, 9.17) is 4.74 Å². The predicted molar refractivity (Wildman–Crippen MR) is 110 cm³/mol. The Hall–Kier alpha value is -3.54. The van der Waals surface area contributed by atoms with Crippen LogP contribution < -0.4 is 4.74 Å². The lowest BCUT2D eigenvalue weighted by Crippen LogP contribution is -2.29. The average Bonchev–Trinajstić information content (AvgIpc) is 2.77. The molecule has 0 unspecified atom stereocenters. The number of rotatable bonds is 6. The van der Waals surface area contributed by atoms with Gasteiger partial charge in [0.25, 0.3) is 5.91 Å². The molecule has 0 aliphatic carbocycles. The number of hydrogen-bond acceptors (Lipinski definition) is 2. The van der Waals surface area contributed by atoms with Crippen LogP contribution in [0.3, 0.4) is 0 Å². The Kier molecular flexibility index (Phi) is 6.26. The van der Waals surface area contributed by atoms with Gasteiger partial charge in [0.1, 0.15) is 5.75 Å². The molecule has 0 aliphatic rings. The maximum Gasteiger partial charge on any atom is 0.416 e. The van der Waals surface area contributed by atoms with Gasteiger partial charge in [-0.1, -0.05) is 36.9 Å². The first kappa shape index (κ1) is 21.2. The van der Waals surface area contributed by atoms with Crippen molar-refractivity contribution < 1.29 is 22.7 Å². The van der Waals surface area contributed by atoms with Crippen molar-refractivity contribution in [2.45, 2.75) is 12.7 Å². The number of benzene rings is 3. The van der Waals surface area contributed by atoms with Crippen LogP contribution in [0.15, 0.2) is 85.4 Å². The number of hydrogen-bond donors (Lipinski definition) is 0. The molecule has 0 aliphatic heterocycles. The van der Waals surface area contributed by atoms with Crippen LogP contribution in [0.1, 0.15) is 27.0 Å². The van der Waals surface area contributed by atoms with Gasteiger partial charge >= 0.3 is 6.18 Å². The van der Waals surface area contributed by atoms with Gasteiger partial charge < -0.3 is 9.64 Å². The van der Waals surface area contributed by atoms with Crippen LogP contribution in [0, 0.1) is 0 Å². The maximum absolute atomic E-state index is 13.2. The van der Waals surface area contributed by atoms with Gasteiger partial charge in [0.15, 0.2) is 0 Å². The van der Waals surface area contributed by atoms with Crippen molar-refractivity contribution in [2.75, 3.05) is 7.11 Å². The van der Waals surface area contributed by atoms with Crippen molar-refractivity contribution in [1.29, 1.82) is 0 Å².